The van der Waals surface area contributed by atoms with Crippen LogP contribution >= 0.6 is 11.6 Å². The molecule has 0 bridgehead atoms. The quantitative estimate of drug-likeness (QED) is 0.540. The molecule has 140 valence electrons. The number of halogens is 1. The molecule has 0 saturated heterocycles. The van der Waals surface area contributed by atoms with Crippen LogP contribution in [0.2, 0.25) is 5.02 Å². The molecule has 4 aromatic rings. The van der Waals surface area contributed by atoms with Gasteiger partial charge >= 0.3 is 0 Å². The van der Waals surface area contributed by atoms with E-state index in [0.29, 0.717) is 17.1 Å². The number of benzene rings is 3. The lowest BCUT2D eigenvalue weighted by atomic mass is 10.1. The molecular formula is C22H19ClN4O. The number of fused-ring (bicyclic) bond motifs is 1. The van der Waals surface area contributed by atoms with Gasteiger partial charge in [0.05, 0.1) is 18.1 Å². The highest BCUT2D eigenvalue weighted by molar-refractivity contribution is 6.30. The third-order valence-electron chi connectivity index (χ3n) is 4.69. The van der Waals surface area contributed by atoms with Gasteiger partial charge in [0.1, 0.15) is 5.52 Å². The molecule has 6 heteroatoms. The highest BCUT2D eigenvalue weighted by atomic mass is 35.5. The van der Waals surface area contributed by atoms with Crippen LogP contribution < -0.4 is 5.32 Å². The Morgan fingerprint density at radius 1 is 1.04 bits per heavy atom. The monoisotopic (exact) mass is 390 g/mol. The van der Waals surface area contributed by atoms with Gasteiger partial charge in [-0.15, -0.1) is 5.10 Å². The Bertz CT molecular complexity index is 1100. The van der Waals surface area contributed by atoms with Crippen molar-refractivity contribution in [3.63, 3.8) is 0 Å². The summed E-state index contributed by atoms with van der Waals surface area (Å²) in [6, 6.07) is 22.8. The summed E-state index contributed by atoms with van der Waals surface area (Å²) in [5.41, 5.74) is 4.54. The molecule has 0 fully saturated rings. The van der Waals surface area contributed by atoms with Gasteiger partial charge in [0, 0.05) is 10.6 Å². The molecule has 4 rings (SSSR count). The minimum absolute atomic E-state index is 0.106. The van der Waals surface area contributed by atoms with Gasteiger partial charge < -0.3 is 5.32 Å². The zero-order valence-corrected chi connectivity index (χ0v) is 16.1. The fourth-order valence-corrected chi connectivity index (χ4v) is 3.21. The fraction of sp³-hybridized carbons (Fsp3) is 0.136. The van der Waals surface area contributed by atoms with Crippen molar-refractivity contribution >= 4 is 28.5 Å². The largest absolute Gasteiger partial charge is 0.346 e. The maximum Gasteiger partial charge on any atom is 0.251 e. The first-order chi connectivity index (χ1) is 13.6. The van der Waals surface area contributed by atoms with E-state index in [1.165, 1.54) is 0 Å². The summed E-state index contributed by atoms with van der Waals surface area (Å²) in [5.74, 6) is -0.111. The van der Waals surface area contributed by atoms with Crippen LogP contribution in [0, 0.1) is 0 Å². The van der Waals surface area contributed by atoms with Crippen molar-refractivity contribution in [3.05, 3.63) is 94.5 Å². The second-order valence-corrected chi connectivity index (χ2v) is 7.12. The lowest BCUT2D eigenvalue weighted by molar-refractivity contribution is 0.0940. The Morgan fingerprint density at radius 3 is 2.50 bits per heavy atom. The maximum atomic E-state index is 12.5. The summed E-state index contributed by atoms with van der Waals surface area (Å²) in [4.78, 5) is 12.5. The van der Waals surface area contributed by atoms with E-state index in [0.717, 1.165) is 22.2 Å². The number of nitrogens with zero attached hydrogens (tertiary/aromatic N) is 3. The molecule has 0 aliphatic rings. The molecule has 1 aromatic heterocycles. The van der Waals surface area contributed by atoms with Crippen LogP contribution in [0.3, 0.4) is 0 Å². The number of aromatic nitrogens is 3. The van der Waals surface area contributed by atoms with Gasteiger partial charge in [-0.05, 0) is 54.4 Å². The Labute approximate surface area is 167 Å². The van der Waals surface area contributed by atoms with Gasteiger partial charge in [0.25, 0.3) is 5.91 Å². The maximum absolute atomic E-state index is 12.5. The van der Waals surface area contributed by atoms with Crippen molar-refractivity contribution in [2.75, 3.05) is 0 Å². The van der Waals surface area contributed by atoms with Crippen molar-refractivity contribution < 1.29 is 4.79 Å². The molecular weight excluding hydrogens is 372 g/mol. The number of hydrogen-bond acceptors (Lipinski definition) is 3. The molecule has 0 aliphatic carbocycles. The smallest absolute Gasteiger partial charge is 0.251 e. The van der Waals surface area contributed by atoms with E-state index in [-0.39, 0.29) is 11.9 Å². The lowest BCUT2D eigenvalue weighted by Crippen LogP contribution is -2.26. The van der Waals surface area contributed by atoms with E-state index in [4.69, 9.17) is 11.6 Å². The van der Waals surface area contributed by atoms with Gasteiger partial charge in [0.2, 0.25) is 0 Å². The molecule has 0 unspecified atom stereocenters. The summed E-state index contributed by atoms with van der Waals surface area (Å²) in [6.07, 6.45) is 0. The van der Waals surface area contributed by atoms with E-state index < -0.39 is 0 Å². The SMILES string of the molecule is C[C@H](NC(=O)c1ccc(Cn2nnc3ccccc32)cc1)c1ccc(Cl)cc1. The van der Waals surface area contributed by atoms with E-state index >= 15 is 0 Å². The summed E-state index contributed by atoms with van der Waals surface area (Å²) in [6.45, 7) is 2.55. The molecule has 1 atom stereocenters. The number of nitrogens with one attached hydrogen (secondary N) is 1. The number of hydrogen-bond donors (Lipinski definition) is 1. The van der Waals surface area contributed by atoms with Crippen LogP contribution in [0.25, 0.3) is 11.0 Å². The average molecular weight is 391 g/mol. The van der Waals surface area contributed by atoms with Crippen LogP contribution in [0.15, 0.2) is 72.8 Å². The summed E-state index contributed by atoms with van der Waals surface area (Å²) in [7, 11) is 0. The minimum Gasteiger partial charge on any atom is -0.346 e. The molecule has 0 radical (unpaired) electrons. The van der Waals surface area contributed by atoms with E-state index in [2.05, 4.69) is 15.6 Å². The highest BCUT2D eigenvalue weighted by Crippen LogP contribution is 2.17. The molecule has 3 aromatic carbocycles. The number of rotatable bonds is 5. The molecule has 1 N–H and O–H groups in total. The van der Waals surface area contributed by atoms with E-state index in [1.54, 1.807) is 0 Å². The number of amides is 1. The molecule has 0 saturated carbocycles. The average Bonchev–Trinajstić information content (AvgIpc) is 3.12. The molecule has 1 amide bonds. The van der Waals surface area contributed by atoms with Crippen LogP contribution in [0.1, 0.15) is 34.5 Å². The summed E-state index contributed by atoms with van der Waals surface area (Å²) >= 11 is 5.92. The Hall–Kier alpha value is -3.18. The second kappa shape index (κ2) is 7.82. The van der Waals surface area contributed by atoms with Gasteiger partial charge in [-0.3, -0.25) is 4.79 Å². The fourth-order valence-electron chi connectivity index (χ4n) is 3.08. The number of para-hydroxylation sites is 1. The van der Waals surface area contributed by atoms with E-state index in [9.17, 15) is 4.79 Å². The Kier molecular flexibility index (Phi) is 5.08. The van der Waals surface area contributed by atoms with Gasteiger partial charge in [-0.1, -0.05) is 53.2 Å². The first-order valence-electron chi connectivity index (χ1n) is 9.03. The van der Waals surface area contributed by atoms with Crippen LogP contribution in [-0.2, 0) is 6.54 Å². The predicted molar refractivity (Wildman–Crippen MR) is 110 cm³/mol. The van der Waals surface area contributed by atoms with Crippen molar-refractivity contribution in [2.45, 2.75) is 19.5 Å². The number of carbonyl (C=O) groups excluding carboxylic acids is 1. The first kappa shape index (κ1) is 18.2. The third kappa shape index (κ3) is 3.89. The Morgan fingerprint density at radius 2 is 1.75 bits per heavy atom. The minimum atomic E-state index is -0.111. The molecule has 0 spiro atoms. The molecule has 0 aliphatic heterocycles. The molecule has 28 heavy (non-hydrogen) atoms. The zero-order chi connectivity index (χ0) is 19.5. The predicted octanol–water partition coefficient (Wildman–Crippen LogP) is 4.62. The van der Waals surface area contributed by atoms with Crippen LogP contribution in [0.4, 0.5) is 0 Å². The molecule has 5 nitrogen and oxygen atoms in total. The van der Waals surface area contributed by atoms with Gasteiger partial charge in [0.15, 0.2) is 0 Å². The first-order valence-corrected chi connectivity index (χ1v) is 9.41. The topological polar surface area (TPSA) is 59.8 Å². The standard InChI is InChI=1S/C22H19ClN4O/c1-15(17-10-12-19(23)13-11-17)24-22(28)18-8-6-16(7-9-18)14-27-21-5-3-2-4-20(21)25-26-27/h2-13,15H,14H2,1H3,(H,24,28)/t15-/m0/s1. The van der Waals surface area contributed by atoms with Crippen molar-refractivity contribution in [1.29, 1.82) is 0 Å². The van der Waals surface area contributed by atoms with Crippen molar-refractivity contribution in [1.82, 2.24) is 20.3 Å². The van der Waals surface area contributed by atoms with Crippen molar-refractivity contribution in [3.8, 4) is 0 Å². The Balaban J connectivity index is 1.43. The van der Waals surface area contributed by atoms with E-state index in [1.807, 2.05) is 84.4 Å². The highest BCUT2D eigenvalue weighted by Gasteiger charge is 2.12. The lowest BCUT2D eigenvalue weighted by Gasteiger charge is -2.14. The molecule has 1 heterocycles. The second-order valence-electron chi connectivity index (χ2n) is 6.68. The van der Waals surface area contributed by atoms with Crippen LogP contribution in [0.5, 0.6) is 0 Å². The van der Waals surface area contributed by atoms with Crippen LogP contribution in [-0.4, -0.2) is 20.9 Å². The normalized spacial score (nSPS) is 12.1. The number of carbonyl (C=O) groups is 1. The van der Waals surface area contributed by atoms with Gasteiger partial charge in [-0.25, -0.2) is 4.68 Å². The summed E-state index contributed by atoms with van der Waals surface area (Å²) < 4.78 is 1.85. The van der Waals surface area contributed by atoms with Crippen molar-refractivity contribution in [2.24, 2.45) is 0 Å². The summed E-state index contributed by atoms with van der Waals surface area (Å²) in [5, 5.41) is 12.1. The zero-order valence-electron chi connectivity index (χ0n) is 15.3. The third-order valence-corrected chi connectivity index (χ3v) is 4.94. The van der Waals surface area contributed by atoms with Gasteiger partial charge in [-0.2, -0.15) is 0 Å².